The van der Waals surface area contributed by atoms with Gasteiger partial charge in [0.05, 0.1) is 5.92 Å². The van der Waals surface area contributed by atoms with Crippen molar-refractivity contribution in [3.05, 3.63) is 30.1 Å². The highest BCUT2D eigenvalue weighted by Crippen LogP contribution is 2.22. The number of aliphatic hydroxyl groups is 1. The van der Waals surface area contributed by atoms with Crippen molar-refractivity contribution in [3.8, 4) is 5.75 Å². The molecule has 0 spiro atoms. The smallest absolute Gasteiger partial charge is 0.221 e. The molecule has 1 amide bonds. The summed E-state index contributed by atoms with van der Waals surface area (Å²) in [5.41, 5.74) is 5.37. The number of carbonyl (C=O) groups is 1. The molecule has 0 aliphatic carbocycles. The van der Waals surface area contributed by atoms with Gasteiger partial charge in [0, 0.05) is 19.1 Å². The highest BCUT2D eigenvalue weighted by atomic mass is 19.1. The highest BCUT2D eigenvalue weighted by molar-refractivity contribution is 5.76. The van der Waals surface area contributed by atoms with Crippen LogP contribution in [-0.2, 0) is 4.79 Å². The SMILES string of the molecule is C[C@@H]1CC[C@H](C(N)=O)CN1C[C@@H](O)COc1ccc(F)cc1. The van der Waals surface area contributed by atoms with E-state index in [1.54, 1.807) is 0 Å². The Hall–Kier alpha value is -1.66. The van der Waals surface area contributed by atoms with Gasteiger partial charge in [-0.3, -0.25) is 9.69 Å². The van der Waals surface area contributed by atoms with Crippen LogP contribution in [-0.4, -0.2) is 47.8 Å². The summed E-state index contributed by atoms with van der Waals surface area (Å²) in [5, 5.41) is 10.1. The summed E-state index contributed by atoms with van der Waals surface area (Å²) in [6, 6.07) is 5.97. The number of hydrogen-bond donors (Lipinski definition) is 2. The Kier molecular flexibility index (Phi) is 5.74. The van der Waals surface area contributed by atoms with Gasteiger partial charge in [0.2, 0.25) is 5.91 Å². The number of aliphatic hydroxyl groups excluding tert-OH is 1. The molecule has 1 fully saturated rings. The van der Waals surface area contributed by atoms with Crippen molar-refractivity contribution in [2.24, 2.45) is 11.7 Å². The third kappa shape index (κ3) is 4.68. The Balaban J connectivity index is 1.81. The van der Waals surface area contributed by atoms with Gasteiger partial charge in [-0.25, -0.2) is 4.39 Å². The molecule has 0 unspecified atom stereocenters. The van der Waals surface area contributed by atoms with Crippen molar-refractivity contribution in [1.29, 1.82) is 0 Å². The first-order valence-electron chi connectivity index (χ1n) is 7.55. The van der Waals surface area contributed by atoms with Gasteiger partial charge >= 0.3 is 0 Å². The molecule has 5 nitrogen and oxygen atoms in total. The van der Waals surface area contributed by atoms with E-state index in [9.17, 15) is 14.3 Å². The van der Waals surface area contributed by atoms with Crippen molar-refractivity contribution in [1.82, 2.24) is 4.90 Å². The summed E-state index contributed by atoms with van der Waals surface area (Å²) in [4.78, 5) is 13.4. The number of β-amino-alcohol motifs (C(OH)–C–C–N with tert-alkyl or cyclic N) is 1. The largest absolute Gasteiger partial charge is 0.491 e. The molecule has 0 aromatic heterocycles. The molecule has 0 bridgehead atoms. The molecule has 1 aliphatic rings. The monoisotopic (exact) mass is 310 g/mol. The minimum atomic E-state index is -0.681. The fourth-order valence-electron chi connectivity index (χ4n) is 2.71. The van der Waals surface area contributed by atoms with E-state index in [1.165, 1.54) is 24.3 Å². The Morgan fingerprint density at radius 3 is 2.77 bits per heavy atom. The van der Waals surface area contributed by atoms with Crippen LogP contribution in [0.15, 0.2) is 24.3 Å². The van der Waals surface area contributed by atoms with Crippen LogP contribution in [0.4, 0.5) is 4.39 Å². The minimum Gasteiger partial charge on any atom is -0.491 e. The molecular weight excluding hydrogens is 287 g/mol. The summed E-state index contributed by atoms with van der Waals surface area (Å²) >= 11 is 0. The van der Waals surface area contributed by atoms with Gasteiger partial charge < -0.3 is 15.6 Å². The lowest BCUT2D eigenvalue weighted by molar-refractivity contribution is -0.124. The minimum absolute atomic E-state index is 0.121. The van der Waals surface area contributed by atoms with Crippen LogP contribution < -0.4 is 10.5 Å². The van der Waals surface area contributed by atoms with Crippen LogP contribution >= 0.6 is 0 Å². The van der Waals surface area contributed by atoms with Gasteiger partial charge in [-0.05, 0) is 44.0 Å². The maximum absolute atomic E-state index is 12.8. The molecule has 1 heterocycles. The van der Waals surface area contributed by atoms with E-state index in [-0.39, 0.29) is 24.2 Å². The number of nitrogens with zero attached hydrogens (tertiary/aromatic N) is 1. The summed E-state index contributed by atoms with van der Waals surface area (Å²) in [5.74, 6) is -0.245. The first-order valence-corrected chi connectivity index (χ1v) is 7.55. The Morgan fingerprint density at radius 1 is 1.45 bits per heavy atom. The maximum Gasteiger partial charge on any atom is 0.221 e. The first kappa shape index (κ1) is 16.7. The van der Waals surface area contributed by atoms with Crippen molar-refractivity contribution in [2.45, 2.75) is 31.9 Å². The lowest BCUT2D eigenvalue weighted by Crippen LogP contribution is -2.49. The molecule has 0 saturated carbocycles. The lowest BCUT2D eigenvalue weighted by atomic mass is 9.93. The zero-order valence-corrected chi connectivity index (χ0v) is 12.7. The number of benzene rings is 1. The molecule has 1 aromatic rings. The Labute approximate surface area is 129 Å². The number of halogens is 1. The number of hydrogen-bond acceptors (Lipinski definition) is 4. The zero-order chi connectivity index (χ0) is 16.1. The molecule has 2 rings (SSSR count). The number of amides is 1. The lowest BCUT2D eigenvalue weighted by Gasteiger charge is -2.37. The molecule has 1 aliphatic heterocycles. The van der Waals surface area contributed by atoms with Crippen LogP contribution in [0.1, 0.15) is 19.8 Å². The van der Waals surface area contributed by atoms with Crippen molar-refractivity contribution >= 4 is 5.91 Å². The number of piperidine rings is 1. The number of primary amides is 1. The van der Waals surface area contributed by atoms with E-state index in [0.29, 0.717) is 24.9 Å². The summed E-state index contributed by atoms with van der Waals surface area (Å²) in [6.07, 6.45) is 1.01. The quantitative estimate of drug-likeness (QED) is 0.826. The maximum atomic E-state index is 12.8. The number of nitrogens with two attached hydrogens (primary N) is 1. The van der Waals surface area contributed by atoms with Gasteiger partial charge in [0.15, 0.2) is 0 Å². The highest BCUT2D eigenvalue weighted by Gasteiger charge is 2.29. The van der Waals surface area contributed by atoms with Gasteiger partial charge in [0.25, 0.3) is 0 Å². The second kappa shape index (κ2) is 7.56. The standard InChI is InChI=1S/C16H23FN2O3/c1-11-2-3-12(16(18)21)8-19(11)9-14(20)10-22-15-6-4-13(17)5-7-15/h4-7,11-12,14,20H,2-3,8-10H2,1H3,(H2,18,21)/t11-,12+,14-/m1/s1. The van der Waals surface area contributed by atoms with Crippen LogP contribution in [0.2, 0.25) is 0 Å². The second-order valence-corrected chi connectivity index (χ2v) is 5.90. The number of ether oxygens (including phenoxy) is 1. The average Bonchev–Trinajstić information content (AvgIpc) is 2.48. The summed E-state index contributed by atoms with van der Waals surface area (Å²) < 4.78 is 18.2. The summed E-state index contributed by atoms with van der Waals surface area (Å²) in [7, 11) is 0. The molecular formula is C16H23FN2O3. The van der Waals surface area contributed by atoms with Crippen LogP contribution in [0.3, 0.4) is 0 Å². The van der Waals surface area contributed by atoms with E-state index in [4.69, 9.17) is 10.5 Å². The van der Waals surface area contributed by atoms with E-state index in [2.05, 4.69) is 11.8 Å². The molecule has 122 valence electrons. The third-order valence-electron chi connectivity index (χ3n) is 4.11. The topological polar surface area (TPSA) is 75.8 Å². The Morgan fingerprint density at radius 2 is 2.14 bits per heavy atom. The van der Waals surface area contributed by atoms with Crippen LogP contribution in [0.25, 0.3) is 0 Å². The predicted octanol–water partition coefficient (Wildman–Crippen LogP) is 1.15. The molecule has 3 N–H and O–H groups in total. The van der Waals surface area contributed by atoms with Gasteiger partial charge in [-0.1, -0.05) is 0 Å². The Bertz CT molecular complexity index is 495. The van der Waals surface area contributed by atoms with Crippen molar-refractivity contribution in [3.63, 3.8) is 0 Å². The van der Waals surface area contributed by atoms with E-state index in [0.717, 1.165) is 12.8 Å². The molecule has 6 heteroatoms. The first-order chi connectivity index (χ1) is 10.5. The summed E-state index contributed by atoms with van der Waals surface area (Å²) in [6.45, 7) is 3.19. The number of likely N-dealkylation sites (tertiary alicyclic amines) is 1. The molecule has 1 saturated heterocycles. The van der Waals surface area contributed by atoms with E-state index < -0.39 is 6.10 Å². The zero-order valence-electron chi connectivity index (χ0n) is 12.7. The van der Waals surface area contributed by atoms with Crippen LogP contribution in [0, 0.1) is 11.7 Å². The van der Waals surface area contributed by atoms with Gasteiger partial charge in [-0.2, -0.15) is 0 Å². The number of carbonyl (C=O) groups excluding carboxylic acids is 1. The molecule has 22 heavy (non-hydrogen) atoms. The van der Waals surface area contributed by atoms with Crippen molar-refractivity contribution in [2.75, 3.05) is 19.7 Å². The van der Waals surface area contributed by atoms with Gasteiger partial charge in [0.1, 0.15) is 24.3 Å². The van der Waals surface area contributed by atoms with Gasteiger partial charge in [-0.15, -0.1) is 0 Å². The van der Waals surface area contributed by atoms with E-state index in [1.807, 2.05) is 0 Å². The third-order valence-corrected chi connectivity index (χ3v) is 4.11. The average molecular weight is 310 g/mol. The fourth-order valence-corrected chi connectivity index (χ4v) is 2.71. The molecule has 3 atom stereocenters. The molecule has 1 aromatic carbocycles. The van der Waals surface area contributed by atoms with Crippen LogP contribution in [0.5, 0.6) is 5.75 Å². The second-order valence-electron chi connectivity index (χ2n) is 5.90. The van der Waals surface area contributed by atoms with E-state index >= 15 is 0 Å². The predicted molar refractivity (Wildman–Crippen MR) is 80.9 cm³/mol. The number of rotatable bonds is 6. The van der Waals surface area contributed by atoms with Crippen molar-refractivity contribution < 1.29 is 19.0 Å². The molecule has 0 radical (unpaired) electrons. The normalized spacial score (nSPS) is 24.0. The fraction of sp³-hybridized carbons (Fsp3) is 0.562.